The van der Waals surface area contributed by atoms with Crippen LogP contribution in [0.4, 0.5) is 0 Å². The first kappa shape index (κ1) is 10.6. The van der Waals surface area contributed by atoms with Gasteiger partial charge in [0.2, 0.25) is 5.89 Å². The smallest absolute Gasteiger partial charge is 0.226 e. The van der Waals surface area contributed by atoms with E-state index in [0.29, 0.717) is 5.92 Å². The Morgan fingerprint density at radius 3 is 2.80 bits per heavy atom. The van der Waals surface area contributed by atoms with Crippen LogP contribution < -0.4 is 5.32 Å². The van der Waals surface area contributed by atoms with Crippen LogP contribution in [-0.2, 0) is 6.42 Å². The van der Waals surface area contributed by atoms with E-state index >= 15 is 0 Å². The molecule has 0 radical (unpaired) electrons. The second-order valence-electron chi connectivity index (χ2n) is 4.50. The Bertz CT molecular complexity index is 305. The normalized spacial score (nSPS) is 20.4. The van der Waals surface area contributed by atoms with E-state index in [-0.39, 0.29) is 0 Å². The first-order valence-corrected chi connectivity index (χ1v) is 5.75. The highest BCUT2D eigenvalue weighted by atomic mass is 16.5. The predicted octanol–water partition coefficient (Wildman–Crippen LogP) is 1.56. The van der Waals surface area contributed by atoms with Gasteiger partial charge in [0.25, 0.3) is 0 Å². The molecule has 0 spiro atoms. The zero-order valence-electron chi connectivity index (χ0n) is 9.49. The van der Waals surface area contributed by atoms with Gasteiger partial charge in [-0.15, -0.1) is 0 Å². The molecule has 1 unspecified atom stereocenters. The Balaban J connectivity index is 1.88. The van der Waals surface area contributed by atoms with Crippen molar-refractivity contribution in [3.8, 4) is 0 Å². The maximum absolute atomic E-state index is 5.15. The summed E-state index contributed by atoms with van der Waals surface area (Å²) >= 11 is 0. The molecule has 2 rings (SSSR count). The summed E-state index contributed by atoms with van der Waals surface area (Å²) in [4.78, 5) is 4.25. The number of nitrogens with one attached hydrogen (secondary N) is 1. The van der Waals surface area contributed by atoms with Crippen molar-refractivity contribution >= 4 is 0 Å². The van der Waals surface area contributed by atoms with Gasteiger partial charge in [-0.2, -0.15) is 4.98 Å². The van der Waals surface area contributed by atoms with Crippen LogP contribution in [0.3, 0.4) is 0 Å². The monoisotopic (exact) mass is 209 g/mol. The molecule has 15 heavy (non-hydrogen) atoms. The van der Waals surface area contributed by atoms with Crippen LogP contribution in [0.2, 0.25) is 0 Å². The van der Waals surface area contributed by atoms with E-state index in [4.69, 9.17) is 4.52 Å². The van der Waals surface area contributed by atoms with Crippen LogP contribution in [0.1, 0.15) is 31.5 Å². The lowest BCUT2D eigenvalue weighted by atomic mass is 9.84. The van der Waals surface area contributed by atoms with Crippen LogP contribution in [0.5, 0.6) is 0 Å². The summed E-state index contributed by atoms with van der Waals surface area (Å²) in [6.45, 7) is 6.45. The molecule has 1 aliphatic rings. The molecular formula is C11H19N3O. The Labute approximate surface area is 90.4 Å². The van der Waals surface area contributed by atoms with Crippen LogP contribution in [0, 0.1) is 18.8 Å². The second-order valence-corrected chi connectivity index (χ2v) is 4.50. The largest absolute Gasteiger partial charge is 0.339 e. The van der Waals surface area contributed by atoms with E-state index in [1.165, 1.54) is 12.8 Å². The van der Waals surface area contributed by atoms with Crippen molar-refractivity contribution in [2.45, 2.75) is 33.1 Å². The van der Waals surface area contributed by atoms with Gasteiger partial charge in [-0.3, -0.25) is 0 Å². The Morgan fingerprint density at radius 2 is 2.20 bits per heavy atom. The van der Waals surface area contributed by atoms with Gasteiger partial charge in [0.15, 0.2) is 5.82 Å². The minimum atomic E-state index is 0.645. The fraction of sp³-hybridized carbons (Fsp3) is 0.818. The first-order chi connectivity index (χ1) is 7.25. The third-order valence-corrected chi connectivity index (χ3v) is 3.25. The molecule has 1 atom stereocenters. The molecule has 1 fully saturated rings. The average molecular weight is 209 g/mol. The van der Waals surface area contributed by atoms with E-state index in [0.717, 1.165) is 37.1 Å². The van der Waals surface area contributed by atoms with Crippen molar-refractivity contribution in [1.82, 2.24) is 15.5 Å². The van der Waals surface area contributed by atoms with E-state index in [1.807, 2.05) is 6.92 Å². The van der Waals surface area contributed by atoms with E-state index < -0.39 is 0 Å². The van der Waals surface area contributed by atoms with Crippen molar-refractivity contribution in [1.29, 1.82) is 0 Å². The number of aromatic nitrogens is 2. The molecule has 84 valence electrons. The SMILES string of the molecule is Cc1noc(CC(C)C2CCNCC2)n1. The number of rotatable bonds is 3. The molecule has 1 N–H and O–H groups in total. The van der Waals surface area contributed by atoms with Crippen LogP contribution in [-0.4, -0.2) is 23.2 Å². The second kappa shape index (κ2) is 4.75. The number of nitrogens with zero attached hydrogens (tertiary/aromatic N) is 2. The predicted molar refractivity (Wildman–Crippen MR) is 57.5 cm³/mol. The third kappa shape index (κ3) is 2.78. The standard InChI is InChI=1S/C11H19N3O/c1-8(10-3-5-12-6-4-10)7-11-13-9(2)14-15-11/h8,10,12H,3-7H2,1-2H3. The van der Waals surface area contributed by atoms with Crippen LogP contribution in [0.15, 0.2) is 4.52 Å². The molecule has 1 saturated heterocycles. The van der Waals surface area contributed by atoms with Crippen molar-refractivity contribution in [2.75, 3.05) is 13.1 Å². The molecule has 0 saturated carbocycles. The zero-order chi connectivity index (χ0) is 10.7. The highest BCUT2D eigenvalue weighted by Crippen LogP contribution is 2.24. The fourth-order valence-electron chi connectivity index (χ4n) is 2.28. The molecular weight excluding hydrogens is 190 g/mol. The fourth-order valence-corrected chi connectivity index (χ4v) is 2.28. The molecule has 0 aliphatic carbocycles. The van der Waals surface area contributed by atoms with Gasteiger partial charge in [-0.1, -0.05) is 12.1 Å². The summed E-state index contributed by atoms with van der Waals surface area (Å²) < 4.78 is 5.15. The molecule has 0 aromatic carbocycles. The zero-order valence-corrected chi connectivity index (χ0v) is 9.49. The highest BCUT2D eigenvalue weighted by Gasteiger charge is 2.21. The van der Waals surface area contributed by atoms with Gasteiger partial charge in [0.1, 0.15) is 0 Å². The first-order valence-electron chi connectivity index (χ1n) is 5.75. The van der Waals surface area contributed by atoms with Gasteiger partial charge >= 0.3 is 0 Å². The van der Waals surface area contributed by atoms with Gasteiger partial charge in [0.05, 0.1) is 0 Å². The van der Waals surface area contributed by atoms with Gasteiger partial charge in [-0.05, 0) is 44.7 Å². The molecule has 1 aromatic heterocycles. The molecule has 1 aliphatic heterocycles. The summed E-state index contributed by atoms with van der Waals surface area (Å²) in [5.41, 5.74) is 0. The maximum Gasteiger partial charge on any atom is 0.226 e. The summed E-state index contributed by atoms with van der Waals surface area (Å²) in [6.07, 6.45) is 3.47. The maximum atomic E-state index is 5.15. The molecule has 4 nitrogen and oxygen atoms in total. The highest BCUT2D eigenvalue weighted by molar-refractivity contribution is 4.86. The van der Waals surface area contributed by atoms with Crippen LogP contribution in [0.25, 0.3) is 0 Å². The van der Waals surface area contributed by atoms with E-state index in [2.05, 4.69) is 22.4 Å². The lowest BCUT2D eigenvalue weighted by molar-refractivity contribution is 0.252. The van der Waals surface area contributed by atoms with Crippen LogP contribution >= 0.6 is 0 Å². The number of aryl methyl sites for hydroxylation is 1. The summed E-state index contributed by atoms with van der Waals surface area (Å²) in [5, 5.41) is 7.20. The van der Waals surface area contributed by atoms with Gasteiger partial charge in [-0.25, -0.2) is 0 Å². The van der Waals surface area contributed by atoms with Crippen molar-refractivity contribution < 1.29 is 4.52 Å². The molecule has 4 heteroatoms. The quantitative estimate of drug-likeness (QED) is 0.820. The van der Waals surface area contributed by atoms with Crippen molar-refractivity contribution in [3.63, 3.8) is 0 Å². The Morgan fingerprint density at radius 1 is 1.47 bits per heavy atom. The van der Waals surface area contributed by atoms with Gasteiger partial charge in [0, 0.05) is 6.42 Å². The third-order valence-electron chi connectivity index (χ3n) is 3.25. The average Bonchev–Trinajstić information content (AvgIpc) is 2.65. The Kier molecular flexibility index (Phi) is 3.36. The molecule has 0 bridgehead atoms. The number of hydrogen-bond donors (Lipinski definition) is 1. The van der Waals surface area contributed by atoms with E-state index in [1.54, 1.807) is 0 Å². The van der Waals surface area contributed by atoms with Crippen molar-refractivity contribution in [2.24, 2.45) is 11.8 Å². The topological polar surface area (TPSA) is 51.0 Å². The van der Waals surface area contributed by atoms with E-state index in [9.17, 15) is 0 Å². The molecule has 2 heterocycles. The summed E-state index contributed by atoms with van der Waals surface area (Å²) in [6, 6.07) is 0. The lowest BCUT2D eigenvalue weighted by Gasteiger charge is -2.27. The number of piperidine rings is 1. The van der Waals surface area contributed by atoms with Gasteiger partial charge < -0.3 is 9.84 Å². The minimum absolute atomic E-state index is 0.645. The minimum Gasteiger partial charge on any atom is -0.339 e. The molecule has 1 aromatic rings. The number of hydrogen-bond acceptors (Lipinski definition) is 4. The summed E-state index contributed by atoms with van der Waals surface area (Å²) in [7, 11) is 0. The summed E-state index contributed by atoms with van der Waals surface area (Å²) in [5.74, 6) is 2.98. The Hall–Kier alpha value is -0.900. The van der Waals surface area contributed by atoms with Crippen molar-refractivity contribution in [3.05, 3.63) is 11.7 Å². The lowest BCUT2D eigenvalue weighted by Crippen LogP contribution is -2.31. The molecule has 0 amide bonds.